The second-order valence-corrected chi connectivity index (χ2v) is 9.43. The van der Waals surface area contributed by atoms with Crippen molar-refractivity contribution in [2.75, 3.05) is 0 Å². The minimum atomic E-state index is -1.48. The lowest BCUT2D eigenvalue weighted by Crippen LogP contribution is -2.25. The zero-order valence-corrected chi connectivity index (χ0v) is 13.6. The lowest BCUT2D eigenvalue weighted by molar-refractivity contribution is 0.178. The van der Waals surface area contributed by atoms with Gasteiger partial charge >= 0.3 is 0 Å². The van der Waals surface area contributed by atoms with Gasteiger partial charge in [0.1, 0.15) is 0 Å². The zero-order chi connectivity index (χ0) is 13.7. The van der Waals surface area contributed by atoms with Crippen molar-refractivity contribution in [3.63, 3.8) is 0 Å². The quantitative estimate of drug-likeness (QED) is 0.626. The molecule has 0 atom stereocenters. The van der Waals surface area contributed by atoms with Crippen LogP contribution in [0.25, 0.3) is 0 Å². The largest absolute Gasteiger partial charge is 0.266 e. The Morgan fingerprint density at radius 1 is 0.947 bits per heavy atom. The van der Waals surface area contributed by atoms with Crippen LogP contribution in [0.2, 0.25) is 11.6 Å². The van der Waals surface area contributed by atoms with Crippen molar-refractivity contribution in [2.24, 2.45) is 17.8 Å². The molecule has 0 aliphatic heterocycles. The van der Waals surface area contributed by atoms with E-state index in [-0.39, 0.29) is 15.4 Å². The van der Waals surface area contributed by atoms with Gasteiger partial charge in [-0.15, -0.1) is 0 Å². The van der Waals surface area contributed by atoms with Gasteiger partial charge in [0.15, 0.2) is 0 Å². The Bertz CT molecular complexity index is 283. The van der Waals surface area contributed by atoms with E-state index in [1.54, 1.807) is 0 Å². The Hall–Kier alpha value is -0.183. The minimum absolute atomic E-state index is 0.157. The summed E-state index contributed by atoms with van der Waals surface area (Å²) in [4.78, 5) is 0. The molecule has 2 aliphatic carbocycles. The monoisotopic (exact) mass is 286 g/mol. The highest BCUT2D eigenvalue weighted by Crippen LogP contribution is 2.43. The molecule has 0 aromatic rings. The second-order valence-electron chi connectivity index (χ2n) is 6.70. The van der Waals surface area contributed by atoms with Gasteiger partial charge in [0, 0.05) is 9.52 Å². The van der Waals surface area contributed by atoms with Crippen molar-refractivity contribution >= 4 is 9.52 Å². The van der Waals surface area contributed by atoms with Crippen molar-refractivity contribution in [2.45, 2.75) is 69.9 Å². The molecule has 0 aromatic heterocycles. The molecule has 2 saturated carbocycles. The normalized spacial score (nSPS) is 36.6. The molecule has 0 nitrogen and oxygen atoms in total. The highest BCUT2D eigenvalue weighted by atomic mass is 28.2. The van der Waals surface area contributed by atoms with E-state index < -0.39 is 6.08 Å². The second kappa shape index (κ2) is 7.56. The van der Waals surface area contributed by atoms with Crippen LogP contribution in [-0.2, 0) is 0 Å². The SMILES string of the molecule is CC[SiH2][C@H]1CC[C@H]([C@H]2CC[C@H](C=C(F)F)CC2)CC1. The number of rotatable bonds is 4. The first kappa shape index (κ1) is 15.2. The van der Waals surface area contributed by atoms with Gasteiger partial charge in [-0.3, -0.25) is 0 Å². The molecule has 0 radical (unpaired) electrons. The summed E-state index contributed by atoms with van der Waals surface area (Å²) in [5, 5.41) is 0. The maximum Gasteiger partial charge on any atom is 0.266 e. The first-order chi connectivity index (χ1) is 9.19. The van der Waals surface area contributed by atoms with Crippen molar-refractivity contribution in [3.8, 4) is 0 Å². The van der Waals surface area contributed by atoms with Gasteiger partial charge in [-0.2, -0.15) is 8.78 Å². The molecule has 0 unspecified atom stereocenters. The summed E-state index contributed by atoms with van der Waals surface area (Å²) in [6, 6.07) is 1.46. The maximum absolute atomic E-state index is 12.3. The molecule has 2 aliphatic rings. The number of hydrogen-bond donors (Lipinski definition) is 0. The third kappa shape index (κ3) is 4.69. The van der Waals surface area contributed by atoms with E-state index in [1.807, 2.05) is 0 Å². The molecule has 3 heteroatoms. The van der Waals surface area contributed by atoms with E-state index in [1.165, 1.54) is 50.6 Å². The van der Waals surface area contributed by atoms with Gasteiger partial charge in [0.25, 0.3) is 6.08 Å². The van der Waals surface area contributed by atoms with E-state index in [0.717, 1.165) is 30.2 Å². The molecule has 0 aromatic carbocycles. The van der Waals surface area contributed by atoms with Gasteiger partial charge in [0.2, 0.25) is 0 Å². The molecule has 0 bridgehead atoms. The van der Waals surface area contributed by atoms with E-state index in [4.69, 9.17) is 0 Å². The van der Waals surface area contributed by atoms with Gasteiger partial charge < -0.3 is 0 Å². The molecule has 0 heterocycles. The molecule has 110 valence electrons. The van der Waals surface area contributed by atoms with Crippen LogP contribution in [0.4, 0.5) is 8.78 Å². The zero-order valence-electron chi connectivity index (χ0n) is 12.2. The summed E-state index contributed by atoms with van der Waals surface area (Å²) in [6.45, 7) is 2.34. The van der Waals surface area contributed by atoms with E-state index >= 15 is 0 Å². The molecule has 0 N–H and O–H groups in total. The lowest BCUT2D eigenvalue weighted by Gasteiger charge is -2.37. The van der Waals surface area contributed by atoms with Crippen LogP contribution in [0.15, 0.2) is 12.2 Å². The van der Waals surface area contributed by atoms with Crippen LogP contribution >= 0.6 is 0 Å². The van der Waals surface area contributed by atoms with Crippen LogP contribution in [0.3, 0.4) is 0 Å². The molecular weight excluding hydrogens is 258 g/mol. The summed E-state index contributed by atoms with van der Waals surface area (Å²) < 4.78 is 24.5. The summed E-state index contributed by atoms with van der Waals surface area (Å²) >= 11 is 0. The highest BCUT2D eigenvalue weighted by molar-refractivity contribution is 6.37. The van der Waals surface area contributed by atoms with Crippen LogP contribution < -0.4 is 0 Å². The Morgan fingerprint density at radius 2 is 1.47 bits per heavy atom. The van der Waals surface area contributed by atoms with Crippen LogP contribution in [-0.4, -0.2) is 9.52 Å². The fraction of sp³-hybridized carbons (Fsp3) is 0.875. The predicted molar refractivity (Wildman–Crippen MR) is 80.5 cm³/mol. The van der Waals surface area contributed by atoms with Gasteiger partial charge in [-0.1, -0.05) is 44.2 Å². The summed E-state index contributed by atoms with van der Waals surface area (Å²) in [6.07, 6.45) is 9.89. The van der Waals surface area contributed by atoms with Crippen LogP contribution in [0.5, 0.6) is 0 Å². The minimum Gasteiger partial charge on any atom is -0.174 e. The van der Waals surface area contributed by atoms with Crippen molar-refractivity contribution in [1.82, 2.24) is 0 Å². The first-order valence-corrected chi connectivity index (χ1v) is 10.0. The average molecular weight is 286 g/mol. The summed E-state index contributed by atoms with van der Waals surface area (Å²) in [5.74, 6) is 1.92. The molecule has 19 heavy (non-hydrogen) atoms. The first-order valence-electron chi connectivity index (χ1n) is 8.21. The number of halogens is 2. The predicted octanol–water partition coefficient (Wildman–Crippen LogP) is 5.16. The van der Waals surface area contributed by atoms with E-state index in [0.29, 0.717) is 0 Å². The molecular formula is C16H28F2Si. The Labute approximate surface area is 118 Å². The lowest BCUT2D eigenvalue weighted by atomic mass is 9.71. The van der Waals surface area contributed by atoms with E-state index in [2.05, 4.69) is 6.92 Å². The summed E-state index contributed by atoms with van der Waals surface area (Å²) in [5.41, 5.74) is 1.11. The van der Waals surface area contributed by atoms with Gasteiger partial charge in [-0.05, 0) is 49.5 Å². The smallest absolute Gasteiger partial charge is 0.174 e. The third-order valence-corrected chi connectivity index (χ3v) is 7.64. The van der Waals surface area contributed by atoms with Crippen LogP contribution in [0, 0.1) is 17.8 Å². The molecule has 2 rings (SSSR count). The van der Waals surface area contributed by atoms with Crippen molar-refractivity contribution in [3.05, 3.63) is 12.2 Å². The van der Waals surface area contributed by atoms with Crippen molar-refractivity contribution < 1.29 is 8.78 Å². The van der Waals surface area contributed by atoms with Gasteiger partial charge in [0.05, 0.1) is 0 Å². The Balaban J connectivity index is 1.72. The average Bonchev–Trinajstić information content (AvgIpc) is 2.40. The number of hydrogen-bond acceptors (Lipinski definition) is 0. The Kier molecular flexibility index (Phi) is 6.05. The van der Waals surface area contributed by atoms with Crippen molar-refractivity contribution in [1.29, 1.82) is 0 Å². The fourth-order valence-corrected chi connectivity index (χ4v) is 6.18. The van der Waals surface area contributed by atoms with E-state index in [9.17, 15) is 8.78 Å². The topological polar surface area (TPSA) is 0 Å². The fourth-order valence-electron chi connectivity index (χ4n) is 4.32. The standard InChI is InChI=1S/C16H28F2Si/c1-2-19-15-9-7-14(8-10-15)13-5-3-12(4-6-13)11-16(17)18/h11-15H,2-10,19H2,1H3/t12-,13-,14-,15-. The molecule has 0 saturated heterocycles. The van der Waals surface area contributed by atoms with Crippen LogP contribution in [0.1, 0.15) is 58.3 Å². The van der Waals surface area contributed by atoms with Gasteiger partial charge in [-0.25, -0.2) is 0 Å². The summed E-state index contributed by atoms with van der Waals surface area (Å²) in [7, 11) is 0.212. The molecule has 2 fully saturated rings. The third-order valence-electron chi connectivity index (χ3n) is 5.43. The number of allylic oxidation sites excluding steroid dienone is 1. The molecule has 0 spiro atoms. The Morgan fingerprint density at radius 3 is 1.95 bits per heavy atom. The highest BCUT2D eigenvalue weighted by Gasteiger charge is 2.30. The maximum atomic E-state index is 12.3. The molecule has 0 amide bonds.